The fourth-order valence-corrected chi connectivity index (χ4v) is 3.71. The first-order valence-corrected chi connectivity index (χ1v) is 7.73. The quantitative estimate of drug-likeness (QED) is 0.491. The molecule has 0 amide bonds. The third-order valence-electron chi connectivity index (χ3n) is 4.30. The Morgan fingerprint density at radius 3 is 1.38 bits per heavy atom. The number of nitrogens with zero attached hydrogens (tertiary/aromatic N) is 1. The topological polar surface area (TPSA) is 4.93 Å². The van der Waals surface area contributed by atoms with Crippen LogP contribution < -0.4 is 0 Å². The van der Waals surface area contributed by atoms with Gasteiger partial charge in [-0.05, 0) is 71.7 Å². The SMILES string of the molecule is Cc1cc(C)c2c(c1)c1cc(C)cc(C)c1n2C(C)(C)C. The van der Waals surface area contributed by atoms with Crippen molar-refractivity contribution in [1.82, 2.24) is 4.57 Å². The maximum Gasteiger partial charge on any atom is 0.0526 e. The van der Waals surface area contributed by atoms with Crippen LogP contribution in [0.1, 0.15) is 43.0 Å². The van der Waals surface area contributed by atoms with Gasteiger partial charge in [-0.15, -0.1) is 0 Å². The molecule has 1 aromatic heterocycles. The van der Waals surface area contributed by atoms with Crippen LogP contribution in [-0.2, 0) is 5.54 Å². The van der Waals surface area contributed by atoms with Gasteiger partial charge in [0.05, 0.1) is 11.0 Å². The van der Waals surface area contributed by atoms with Crippen molar-refractivity contribution in [2.75, 3.05) is 0 Å². The highest BCUT2D eigenvalue weighted by atomic mass is 15.1. The molecule has 0 N–H and O–H groups in total. The molecule has 0 fully saturated rings. The van der Waals surface area contributed by atoms with E-state index in [1.54, 1.807) is 0 Å². The highest BCUT2D eigenvalue weighted by Crippen LogP contribution is 2.38. The van der Waals surface area contributed by atoms with E-state index in [-0.39, 0.29) is 5.54 Å². The highest BCUT2D eigenvalue weighted by Gasteiger charge is 2.23. The Morgan fingerprint density at radius 2 is 1.05 bits per heavy atom. The van der Waals surface area contributed by atoms with Gasteiger partial charge < -0.3 is 4.57 Å². The zero-order chi connectivity index (χ0) is 15.5. The molecule has 1 nitrogen and oxygen atoms in total. The molecule has 0 aliphatic carbocycles. The first kappa shape index (κ1) is 14.2. The summed E-state index contributed by atoms with van der Waals surface area (Å²) < 4.78 is 2.53. The van der Waals surface area contributed by atoms with Crippen LogP contribution >= 0.6 is 0 Å². The fraction of sp³-hybridized carbons (Fsp3) is 0.400. The molecule has 3 aromatic rings. The molecule has 0 saturated carbocycles. The number of aryl methyl sites for hydroxylation is 4. The number of hydrogen-bond donors (Lipinski definition) is 0. The zero-order valence-electron chi connectivity index (χ0n) is 14.3. The smallest absolute Gasteiger partial charge is 0.0526 e. The summed E-state index contributed by atoms with van der Waals surface area (Å²) in [5.74, 6) is 0. The first-order valence-electron chi connectivity index (χ1n) is 7.73. The summed E-state index contributed by atoms with van der Waals surface area (Å²) in [5.41, 5.74) is 8.26. The number of benzene rings is 2. The van der Waals surface area contributed by atoms with Crippen LogP contribution in [0.2, 0.25) is 0 Å². The molecule has 0 atom stereocenters. The molecule has 1 heteroatoms. The summed E-state index contributed by atoms with van der Waals surface area (Å²) in [6, 6.07) is 9.27. The van der Waals surface area contributed by atoms with Crippen molar-refractivity contribution in [2.45, 2.75) is 54.0 Å². The van der Waals surface area contributed by atoms with Crippen molar-refractivity contribution in [2.24, 2.45) is 0 Å². The molecule has 0 bridgehead atoms. The summed E-state index contributed by atoms with van der Waals surface area (Å²) in [6.07, 6.45) is 0. The average molecular weight is 279 g/mol. The van der Waals surface area contributed by atoms with Crippen molar-refractivity contribution in [3.05, 3.63) is 46.5 Å². The number of aromatic nitrogens is 1. The van der Waals surface area contributed by atoms with Crippen molar-refractivity contribution in [3.8, 4) is 0 Å². The second-order valence-electron chi connectivity index (χ2n) is 7.46. The van der Waals surface area contributed by atoms with E-state index in [0.717, 1.165) is 0 Å². The van der Waals surface area contributed by atoms with Gasteiger partial charge in [0.2, 0.25) is 0 Å². The monoisotopic (exact) mass is 279 g/mol. The van der Waals surface area contributed by atoms with E-state index in [0.29, 0.717) is 0 Å². The van der Waals surface area contributed by atoms with Crippen LogP contribution in [0.3, 0.4) is 0 Å². The molecular weight excluding hydrogens is 254 g/mol. The van der Waals surface area contributed by atoms with E-state index >= 15 is 0 Å². The Kier molecular flexibility index (Phi) is 2.95. The van der Waals surface area contributed by atoms with Gasteiger partial charge in [-0.3, -0.25) is 0 Å². The third kappa shape index (κ3) is 2.07. The minimum absolute atomic E-state index is 0.0695. The third-order valence-corrected chi connectivity index (χ3v) is 4.30. The predicted octanol–water partition coefficient (Wildman–Crippen LogP) is 5.78. The lowest BCUT2D eigenvalue weighted by molar-refractivity contribution is 0.422. The van der Waals surface area contributed by atoms with Crippen LogP contribution in [0.4, 0.5) is 0 Å². The minimum Gasteiger partial charge on any atom is -0.335 e. The number of hydrogen-bond acceptors (Lipinski definition) is 0. The van der Waals surface area contributed by atoms with Gasteiger partial charge in [-0.1, -0.05) is 23.3 Å². The summed E-state index contributed by atoms with van der Waals surface area (Å²) in [7, 11) is 0. The van der Waals surface area contributed by atoms with Gasteiger partial charge in [0.1, 0.15) is 0 Å². The summed E-state index contributed by atoms with van der Waals surface area (Å²) >= 11 is 0. The summed E-state index contributed by atoms with van der Waals surface area (Å²) in [5, 5.41) is 2.79. The second-order valence-corrected chi connectivity index (χ2v) is 7.46. The molecule has 0 unspecified atom stereocenters. The molecule has 2 aromatic carbocycles. The van der Waals surface area contributed by atoms with E-state index in [1.807, 2.05) is 0 Å². The molecule has 0 aliphatic rings. The van der Waals surface area contributed by atoms with Gasteiger partial charge in [0.25, 0.3) is 0 Å². The van der Waals surface area contributed by atoms with E-state index in [4.69, 9.17) is 0 Å². The number of fused-ring (bicyclic) bond motifs is 3. The van der Waals surface area contributed by atoms with Crippen molar-refractivity contribution in [1.29, 1.82) is 0 Å². The van der Waals surface area contributed by atoms with Gasteiger partial charge in [0, 0.05) is 16.3 Å². The van der Waals surface area contributed by atoms with Crippen molar-refractivity contribution >= 4 is 21.8 Å². The normalized spacial score (nSPS) is 12.5. The molecule has 110 valence electrons. The fourth-order valence-electron chi connectivity index (χ4n) is 3.71. The Hall–Kier alpha value is -1.76. The maximum atomic E-state index is 2.53. The minimum atomic E-state index is 0.0695. The largest absolute Gasteiger partial charge is 0.335 e. The lowest BCUT2D eigenvalue weighted by Crippen LogP contribution is -2.22. The van der Waals surface area contributed by atoms with Crippen LogP contribution in [-0.4, -0.2) is 4.57 Å². The van der Waals surface area contributed by atoms with E-state index in [2.05, 4.69) is 77.3 Å². The molecule has 3 rings (SSSR count). The predicted molar refractivity (Wildman–Crippen MR) is 93.4 cm³/mol. The van der Waals surface area contributed by atoms with Gasteiger partial charge in [0.15, 0.2) is 0 Å². The lowest BCUT2D eigenvalue weighted by Gasteiger charge is -2.26. The Morgan fingerprint density at radius 1 is 0.667 bits per heavy atom. The molecular formula is C20H25N. The lowest BCUT2D eigenvalue weighted by atomic mass is 10.0. The standard InChI is InChI=1S/C20H25N/c1-12-8-14(3)18-16(10-12)17-11-13(2)9-15(4)19(17)21(18)20(5,6)7/h8-11H,1-7H3. The highest BCUT2D eigenvalue weighted by molar-refractivity contribution is 6.10. The molecule has 1 heterocycles. The molecule has 21 heavy (non-hydrogen) atoms. The number of rotatable bonds is 0. The first-order chi connectivity index (χ1) is 9.70. The summed E-state index contributed by atoms with van der Waals surface area (Å²) in [4.78, 5) is 0. The molecule has 0 aliphatic heterocycles. The summed E-state index contributed by atoms with van der Waals surface area (Å²) in [6.45, 7) is 15.7. The average Bonchev–Trinajstić information content (AvgIpc) is 2.64. The molecule has 0 radical (unpaired) electrons. The van der Waals surface area contributed by atoms with Crippen LogP contribution in [0, 0.1) is 27.7 Å². The van der Waals surface area contributed by atoms with Crippen LogP contribution in [0.25, 0.3) is 21.8 Å². The van der Waals surface area contributed by atoms with E-state index in [1.165, 1.54) is 44.1 Å². The van der Waals surface area contributed by atoms with Gasteiger partial charge in [-0.2, -0.15) is 0 Å². The van der Waals surface area contributed by atoms with E-state index in [9.17, 15) is 0 Å². The Balaban J connectivity index is 2.69. The van der Waals surface area contributed by atoms with Crippen LogP contribution in [0.15, 0.2) is 24.3 Å². The van der Waals surface area contributed by atoms with Crippen molar-refractivity contribution < 1.29 is 0 Å². The van der Waals surface area contributed by atoms with Crippen LogP contribution in [0.5, 0.6) is 0 Å². The Labute approximate surface area is 127 Å². The maximum absolute atomic E-state index is 2.53. The zero-order valence-corrected chi connectivity index (χ0v) is 14.3. The van der Waals surface area contributed by atoms with E-state index < -0.39 is 0 Å². The Bertz CT molecular complexity index is 792. The second kappa shape index (κ2) is 4.37. The molecule has 0 saturated heterocycles. The van der Waals surface area contributed by atoms with Crippen molar-refractivity contribution in [3.63, 3.8) is 0 Å². The van der Waals surface area contributed by atoms with Gasteiger partial charge in [-0.25, -0.2) is 0 Å². The van der Waals surface area contributed by atoms with Gasteiger partial charge >= 0.3 is 0 Å². The molecule has 0 spiro atoms.